The number of likely N-dealkylation sites (tertiary alicyclic amines) is 1. The summed E-state index contributed by atoms with van der Waals surface area (Å²) in [5, 5.41) is 8.55. The van der Waals surface area contributed by atoms with Crippen molar-refractivity contribution in [1.29, 1.82) is 0 Å². The summed E-state index contributed by atoms with van der Waals surface area (Å²) in [7, 11) is 4.34. The maximum Gasteiger partial charge on any atom is 0.303 e. The Morgan fingerprint density at radius 1 is 1.47 bits per heavy atom. The minimum Gasteiger partial charge on any atom is -0.481 e. The average molecular weight is 242 g/mol. The number of hydrogen-bond acceptors (Lipinski definition) is 3. The molecule has 0 amide bonds. The third-order valence-electron chi connectivity index (χ3n) is 3.47. The summed E-state index contributed by atoms with van der Waals surface area (Å²) >= 11 is 0. The summed E-state index contributed by atoms with van der Waals surface area (Å²) in [6, 6.07) is 0. The molecule has 0 aromatic rings. The minimum atomic E-state index is -0.679. The average Bonchev–Trinajstić information content (AvgIpc) is 2.24. The van der Waals surface area contributed by atoms with Gasteiger partial charge >= 0.3 is 5.97 Å². The molecule has 17 heavy (non-hydrogen) atoms. The lowest BCUT2D eigenvalue weighted by atomic mass is 9.98. The number of aliphatic carboxylic acids is 1. The molecule has 1 saturated heterocycles. The number of carboxylic acids is 1. The number of rotatable bonds is 7. The summed E-state index contributed by atoms with van der Waals surface area (Å²) < 4.78 is 0. The molecule has 1 fully saturated rings. The van der Waals surface area contributed by atoms with E-state index in [9.17, 15) is 4.79 Å². The summed E-state index contributed by atoms with van der Waals surface area (Å²) in [6.07, 6.45) is 4.74. The molecule has 0 bridgehead atoms. The Balaban J connectivity index is 2.07. The Labute approximate surface area is 105 Å². The number of carbonyl (C=O) groups is 1. The van der Waals surface area contributed by atoms with Crippen LogP contribution in [0.15, 0.2) is 0 Å². The molecule has 1 atom stereocenters. The molecule has 0 radical (unpaired) electrons. The van der Waals surface area contributed by atoms with Gasteiger partial charge in [-0.1, -0.05) is 0 Å². The van der Waals surface area contributed by atoms with E-state index in [2.05, 4.69) is 23.9 Å². The summed E-state index contributed by atoms with van der Waals surface area (Å²) in [5.74, 6) is 0.111. The van der Waals surface area contributed by atoms with E-state index in [-0.39, 0.29) is 0 Å². The van der Waals surface area contributed by atoms with Crippen LogP contribution in [0.3, 0.4) is 0 Å². The summed E-state index contributed by atoms with van der Waals surface area (Å²) in [6.45, 7) is 4.61. The molecule has 1 rings (SSSR count). The fourth-order valence-electron chi connectivity index (χ4n) is 2.61. The van der Waals surface area contributed by atoms with Crippen LogP contribution >= 0.6 is 0 Å². The van der Waals surface area contributed by atoms with Crippen LogP contribution in [0.1, 0.15) is 32.1 Å². The highest BCUT2D eigenvalue weighted by atomic mass is 16.4. The van der Waals surface area contributed by atoms with Gasteiger partial charge in [-0.15, -0.1) is 0 Å². The Morgan fingerprint density at radius 3 is 2.88 bits per heavy atom. The van der Waals surface area contributed by atoms with Gasteiger partial charge in [-0.2, -0.15) is 0 Å². The van der Waals surface area contributed by atoms with Gasteiger partial charge in [0.05, 0.1) is 0 Å². The van der Waals surface area contributed by atoms with Gasteiger partial charge < -0.3 is 14.9 Å². The van der Waals surface area contributed by atoms with Crippen molar-refractivity contribution in [2.45, 2.75) is 32.1 Å². The van der Waals surface area contributed by atoms with Crippen molar-refractivity contribution in [3.05, 3.63) is 0 Å². The van der Waals surface area contributed by atoms with Crippen molar-refractivity contribution in [3.8, 4) is 0 Å². The lowest BCUT2D eigenvalue weighted by Gasteiger charge is -2.32. The molecule has 1 heterocycles. The van der Waals surface area contributed by atoms with E-state index in [1.54, 1.807) is 0 Å². The summed E-state index contributed by atoms with van der Waals surface area (Å²) in [4.78, 5) is 15.1. The number of unbranched alkanes of at least 4 members (excludes halogenated alkanes) is 1. The molecule has 1 N–H and O–H groups in total. The molecule has 4 nitrogen and oxygen atoms in total. The van der Waals surface area contributed by atoms with E-state index in [0.29, 0.717) is 6.42 Å². The molecular weight excluding hydrogens is 216 g/mol. The highest BCUT2D eigenvalue weighted by molar-refractivity contribution is 5.66. The second kappa shape index (κ2) is 7.67. The molecule has 0 aliphatic carbocycles. The fourth-order valence-corrected chi connectivity index (χ4v) is 2.61. The fraction of sp³-hybridized carbons (Fsp3) is 0.923. The first-order valence-corrected chi connectivity index (χ1v) is 6.67. The first kappa shape index (κ1) is 14.5. The van der Waals surface area contributed by atoms with E-state index in [1.807, 2.05) is 0 Å². The third kappa shape index (κ3) is 6.64. The minimum absolute atomic E-state index is 0.306. The number of carboxylic acid groups (broad SMARTS) is 1. The molecular formula is C13H26N2O2. The van der Waals surface area contributed by atoms with Crippen LogP contribution in [0.2, 0.25) is 0 Å². The van der Waals surface area contributed by atoms with Gasteiger partial charge in [-0.05, 0) is 58.8 Å². The molecule has 1 aliphatic rings. The molecule has 1 unspecified atom stereocenters. The second-order valence-corrected chi connectivity index (χ2v) is 5.38. The van der Waals surface area contributed by atoms with Gasteiger partial charge in [0.15, 0.2) is 0 Å². The molecule has 1 aliphatic heterocycles. The molecule has 0 saturated carbocycles. The van der Waals surface area contributed by atoms with Crippen molar-refractivity contribution in [2.24, 2.45) is 5.92 Å². The first-order chi connectivity index (χ1) is 8.08. The third-order valence-corrected chi connectivity index (χ3v) is 3.47. The van der Waals surface area contributed by atoms with Gasteiger partial charge in [0.25, 0.3) is 0 Å². The van der Waals surface area contributed by atoms with Crippen molar-refractivity contribution >= 4 is 5.97 Å². The SMILES string of the molecule is CN(CCCCC(=O)O)CC1CCCN(C)C1. The maximum atomic E-state index is 10.4. The van der Waals surface area contributed by atoms with E-state index < -0.39 is 5.97 Å². The lowest BCUT2D eigenvalue weighted by molar-refractivity contribution is -0.137. The predicted octanol–water partition coefficient (Wildman–Crippen LogP) is 1.51. The normalized spacial score (nSPS) is 21.9. The predicted molar refractivity (Wildman–Crippen MR) is 69.2 cm³/mol. The van der Waals surface area contributed by atoms with Gasteiger partial charge in [-0.25, -0.2) is 0 Å². The van der Waals surface area contributed by atoms with Gasteiger partial charge in [-0.3, -0.25) is 4.79 Å². The monoisotopic (exact) mass is 242 g/mol. The molecule has 4 heteroatoms. The highest BCUT2D eigenvalue weighted by Crippen LogP contribution is 2.16. The Morgan fingerprint density at radius 2 is 2.24 bits per heavy atom. The number of nitrogens with zero attached hydrogens (tertiary/aromatic N) is 2. The van der Waals surface area contributed by atoms with E-state index in [1.165, 1.54) is 25.9 Å². The molecule has 100 valence electrons. The van der Waals surface area contributed by atoms with Gasteiger partial charge in [0, 0.05) is 19.5 Å². The topological polar surface area (TPSA) is 43.8 Å². The summed E-state index contributed by atoms with van der Waals surface area (Å²) in [5.41, 5.74) is 0. The molecule has 0 aromatic carbocycles. The van der Waals surface area contributed by atoms with Crippen molar-refractivity contribution in [1.82, 2.24) is 9.80 Å². The zero-order chi connectivity index (χ0) is 12.7. The molecule has 0 spiro atoms. The maximum absolute atomic E-state index is 10.4. The van der Waals surface area contributed by atoms with Gasteiger partial charge in [0.1, 0.15) is 0 Å². The van der Waals surface area contributed by atoms with E-state index in [0.717, 1.165) is 31.8 Å². The van der Waals surface area contributed by atoms with Crippen LogP contribution in [0.4, 0.5) is 0 Å². The second-order valence-electron chi connectivity index (χ2n) is 5.38. The van der Waals surface area contributed by atoms with Gasteiger partial charge in [0.2, 0.25) is 0 Å². The number of piperidine rings is 1. The Bertz CT molecular complexity index is 233. The van der Waals surface area contributed by atoms with Crippen LogP contribution in [-0.4, -0.2) is 61.2 Å². The standard InChI is InChI=1S/C13H26N2O2/c1-14(8-4-3-7-13(16)17)10-12-6-5-9-15(2)11-12/h12H,3-11H2,1-2H3,(H,16,17). The smallest absolute Gasteiger partial charge is 0.303 e. The highest BCUT2D eigenvalue weighted by Gasteiger charge is 2.18. The molecule has 0 aromatic heterocycles. The Kier molecular flexibility index (Phi) is 6.52. The number of hydrogen-bond donors (Lipinski definition) is 1. The van der Waals surface area contributed by atoms with Crippen molar-refractivity contribution in [2.75, 3.05) is 40.3 Å². The Hall–Kier alpha value is -0.610. The lowest BCUT2D eigenvalue weighted by Crippen LogP contribution is -2.38. The van der Waals surface area contributed by atoms with Crippen molar-refractivity contribution < 1.29 is 9.90 Å². The van der Waals surface area contributed by atoms with Crippen LogP contribution < -0.4 is 0 Å². The van der Waals surface area contributed by atoms with Crippen LogP contribution in [-0.2, 0) is 4.79 Å². The van der Waals surface area contributed by atoms with Crippen molar-refractivity contribution in [3.63, 3.8) is 0 Å². The van der Waals surface area contributed by atoms with Crippen LogP contribution in [0, 0.1) is 5.92 Å². The first-order valence-electron chi connectivity index (χ1n) is 6.67. The van der Waals surface area contributed by atoms with Crippen LogP contribution in [0.25, 0.3) is 0 Å². The zero-order valence-corrected chi connectivity index (χ0v) is 11.2. The zero-order valence-electron chi connectivity index (χ0n) is 11.2. The van der Waals surface area contributed by atoms with Crippen LogP contribution in [0.5, 0.6) is 0 Å². The van der Waals surface area contributed by atoms with E-state index in [4.69, 9.17) is 5.11 Å². The van der Waals surface area contributed by atoms with E-state index >= 15 is 0 Å². The quantitative estimate of drug-likeness (QED) is 0.687. The largest absolute Gasteiger partial charge is 0.481 e.